The molecule has 42 heavy (non-hydrogen) atoms. The van der Waals surface area contributed by atoms with Crippen molar-refractivity contribution in [2.45, 2.75) is 39.0 Å². The number of hydrogen-bond donors (Lipinski definition) is 0. The maximum Gasteiger partial charge on any atom is 0.338 e. The van der Waals surface area contributed by atoms with Crippen LogP contribution in [-0.4, -0.2) is 14.3 Å². The third-order valence-electron chi connectivity index (χ3n) is 7.31. The van der Waals surface area contributed by atoms with Crippen LogP contribution >= 0.6 is 0 Å². The Morgan fingerprint density at radius 2 is 1.07 bits per heavy atom. The van der Waals surface area contributed by atoms with Crippen LogP contribution in [0.1, 0.15) is 42.3 Å². The van der Waals surface area contributed by atoms with Crippen molar-refractivity contribution >= 4 is 24.7 Å². The quantitative estimate of drug-likeness (QED) is 0.128. The summed E-state index contributed by atoms with van der Waals surface area (Å²) >= 11 is 0. The Balaban J connectivity index is 1.58. The van der Waals surface area contributed by atoms with Crippen LogP contribution in [0.15, 0.2) is 140 Å². The molecule has 0 radical (unpaired) electrons. The van der Waals surface area contributed by atoms with Gasteiger partial charge in [-0.2, -0.15) is 0 Å². The summed E-state index contributed by atoms with van der Waals surface area (Å²) in [7, 11) is -2.99. The average Bonchev–Trinajstić information content (AvgIpc) is 3.03. The van der Waals surface area contributed by atoms with E-state index in [1.807, 2.05) is 78.9 Å². The summed E-state index contributed by atoms with van der Waals surface area (Å²) in [6, 6.07) is 45.9. The summed E-state index contributed by atoms with van der Waals surface area (Å²) in [6.45, 7) is 7.23. The fourth-order valence-corrected chi connectivity index (χ4v) is 9.61. The van der Waals surface area contributed by atoms with E-state index < -0.39 is 14.3 Å². The fraction of sp³-hybridized carbons (Fsp3) is 0.162. The first-order valence-electron chi connectivity index (χ1n) is 14.2. The van der Waals surface area contributed by atoms with E-state index in [0.29, 0.717) is 23.7 Å². The van der Waals surface area contributed by atoms with Crippen LogP contribution in [0.5, 0.6) is 11.5 Å². The van der Waals surface area contributed by atoms with Crippen LogP contribution in [0.4, 0.5) is 0 Å². The zero-order valence-corrected chi connectivity index (χ0v) is 25.3. The third kappa shape index (κ3) is 6.48. The van der Waals surface area contributed by atoms with Gasteiger partial charge in [0, 0.05) is 0 Å². The third-order valence-corrected chi connectivity index (χ3v) is 12.2. The van der Waals surface area contributed by atoms with Gasteiger partial charge >= 0.3 is 14.3 Å². The van der Waals surface area contributed by atoms with Gasteiger partial charge < -0.3 is 13.9 Å². The second-order valence-corrected chi connectivity index (χ2v) is 15.5. The van der Waals surface area contributed by atoms with Crippen molar-refractivity contribution in [1.82, 2.24) is 0 Å². The van der Waals surface area contributed by atoms with Gasteiger partial charge in [0.1, 0.15) is 19.0 Å². The predicted octanol–water partition coefficient (Wildman–Crippen LogP) is 7.56. The molecule has 0 unspecified atom stereocenters. The average molecular weight is 573 g/mol. The van der Waals surface area contributed by atoms with Gasteiger partial charge in [0.2, 0.25) is 0 Å². The summed E-state index contributed by atoms with van der Waals surface area (Å²) in [5, 5.41) is 2.00. The molecule has 0 saturated carbocycles. The zero-order valence-electron chi connectivity index (χ0n) is 24.3. The molecule has 0 bridgehead atoms. The topological polar surface area (TPSA) is 44.8 Å². The Morgan fingerprint density at radius 1 is 0.595 bits per heavy atom. The molecule has 0 aliphatic rings. The van der Waals surface area contributed by atoms with E-state index in [0.717, 1.165) is 21.5 Å². The van der Waals surface area contributed by atoms with E-state index in [2.05, 4.69) is 69.3 Å². The number of rotatable bonds is 10. The Kier molecular flexibility index (Phi) is 8.89. The van der Waals surface area contributed by atoms with Gasteiger partial charge in [-0.3, -0.25) is 0 Å². The van der Waals surface area contributed by atoms with Crippen LogP contribution in [0.2, 0.25) is 5.04 Å². The van der Waals surface area contributed by atoms with Gasteiger partial charge in [-0.05, 0) is 44.7 Å². The van der Waals surface area contributed by atoms with Gasteiger partial charge in [0.25, 0.3) is 0 Å². The first-order valence-corrected chi connectivity index (χ1v) is 16.1. The monoisotopic (exact) mass is 572 g/mol. The zero-order chi connectivity index (χ0) is 29.4. The predicted molar refractivity (Wildman–Crippen MR) is 171 cm³/mol. The molecular weight excluding hydrogens is 536 g/mol. The summed E-state index contributed by atoms with van der Waals surface area (Å²) in [4.78, 5) is 13.3. The molecule has 5 rings (SSSR count). The summed E-state index contributed by atoms with van der Waals surface area (Å²) in [5.74, 6) is 0.682. The first kappa shape index (κ1) is 28.9. The highest BCUT2D eigenvalue weighted by Gasteiger charge is 2.52. The van der Waals surface area contributed by atoms with Crippen molar-refractivity contribution in [2.24, 2.45) is 0 Å². The standard InChI is InChI=1S/C37H36O4Si/c1-37(2,3)42(32-20-12-6-13-21-32,33-22-14-7-15-23-33)41-35-26-31(36(38)40-28-30-18-10-5-11-19-30)24-25-34(35)39-27-29-16-8-4-9-17-29/h4-26H,27-28H2,1-3H3. The van der Waals surface area contributed by atoms with Crippen LogP contribution in [-0.2, 0) is 18.0 Å². The molecule has 4 nitrogen and oxygen atoms in total. The largest absolute Gasteiger partial charge is 0.531 e. The van der Waals surface area contributed by atoms with Gasteiger partial charge in [0.05, 0.1) is 5.56 Å². The lowest BCUT2D eigenvalue weighted by Crippen LogP contribution is -2.68. The van der Waals surface area contributed by atoms with Crippen LogP contribution in [0, 0.1) is 0 Å². The lowest BCUT2D eigenvalue weighted by atomic mass is 10.2. The molecule has 0 saturated heterocycles. The summed E-state index contributed by atoms with van der Waals surface area (Å²) in [5.41, 5.74) is 2.38. The number of esters is 1. The van der Waals surface area contributed by atoms with Gasteiger partial charge in [-0.25, -0.2) is 4.79 Å². The molecule has 5 aromatic carbocycles. The molecule has 0 atom stereocenters. The molecule has 5 aromatic rings. The van der Waals surface area contributed by atoms with Crippen LogP contribution in [0.3, 0.4) is 0 Å². The maximum atomic E-state index is 13.3. The highest BCUT2D eigenvalue weighted by molar-refractivity contribution is 7.00. The van der Waals surface area contributed by atoms with Crippen LogP contribution < -0.4 is 19.5 Å². The van der Waals surface area contributed by atoms with Crippen molar-refractivity contribution in [3.63, 3.8) is 0 Å². The number of ether oxygens (including phenoxy) is 2. The first-order chi connectivity index (χ1) is 20.4. The highest BCUT2D eigenvalue weighted by Crippen LogP contribution is 2.40. The minimum atomic E-state index is -2.99. The van der Waals surface area contributed by atoms with E-state index >= 15 is 0 Å². The molecule has 0 heterocycles. The Hall–Kier alpha value is -4.61. The minimum Gasteiger partial charge on any atom is -0.531 e. The van der Waals surface area contributed by atoms with E-state index in [4.69, 9.17) is 13.9 Å². The molecule has 0 aliphatic carbocycles. The minimum absolute atomic E-state index is 0.191. The normalized spacial score (nSPS) is 11.5. The number of carbonyl (C=O) groups excluding carboxylic acids is 1. The lowest BCUT2D eigenvalue weighted by Gasteiger charge is -2.43. The molecule has 0 fully saturated rings. The van der Waals surface area contributed by atoms with Crippen molar-refractivity contribution in [3.8, 4) is 11.5 Å². The number of hydrogen-bond acceptors (Lipinski definition) is 4. The Morgan fingerprint density at radius 3 is 1.57 bits per heavy atom. The molecule has 212 valence electrons. The Labute approximate surface area is 249 Å². The molecule has 0 N–H and O–H groups in total. The van der Waals surface area contributed by atoms with Gasteiger partial charge in [0.15, 0.2) is 5.75 Å². The fourth-order valence-electron chi connectivity index (χ4n) is 5.19. The smallest absolute Gasteiger partial charge is 0.338 e. The van der Waals surface area contributed by atoms with Crippen molar-refractivity contribution in [3.05, 3.63) is 156 Å². The second kappa shape index (κ2) is 12.9. The van der Waals surface area contributed by atoms with Crippen molar-refractivity contribution < 1.29 is 18.7 Å². The molecule has 0 aliphatic heterocycles. The molecule has 0 spiro atoms. The Bertz CT molecular complexity index is 1540. The van der Waals surface area contributed by atoms with Gasteiger partial charge in [-0.15, -0.1) is 0 Å². The highest BCUT2D eigenvalue weighted by atomic mass is 28.4. The molecule has 0 amide bonds. The molecular formula is C37H36O4Si. The SMILES string of the molecule is CC(C)(C)[Si](Oc1cc(C(=O)OCc2ccccc2)ccc1OCc1ccccc1)(c1ccccc1)c1ccccc1. The lowest BCUT2D eigenvalue weighted by molar-refractivity contribution is 0.0472. The van der Waals surface area contributed by atoms with Crippen molar-refractivity contribution in [1.29, 1.82) is 0 Å². The van der Waals surface area contributed by atoms with Gasteiger partial charge in [-0.1, -0.05) is 142 Å². The van der Waals surface area contributed by atoms with Crippen molar-refractivity contribution in [2.75, 3.05) is 0 Å². The van der Waals surface area contributed by atoms with Crippen LogP contribution in [0.25, 0.3) is 0 Å². The van der Waals surface area contributed by atoms with E-state index in [1.165, 1.54) is 0 Å². The number of carbonyl (C=O) groups is 1. The van der Waals surface area contributed by atoms with E-state index in [9.17, 15) is 4.79 Å². The van der Waals surface area contributed by atoms with E-state index in [1.54, 1.807) is 12.1 Å². The molecule has 5 heteroatoms. The summed E-state index contributed by atoms with van der Waals surface area (Å²) < 4.78 is 19.4. The summed E-state index contributed by atoms with van der Waals surface area (Å²) in [6.07, 6.45) is 0. The maximum absolute atomic E-state index is 13.3. The second-order valence-electron chi connectivity index (χ2n) is 11.3. The van der Waals surface area contributed by atoms with E-state index in [-0.39, 0.29) is 11.6 Å². The number of benzene rings is 5. The molecule has 0 aromatic heterocycles.